The summed E-state index contributed by atoms with van der Waals surface area (Å²) in [5.41, 5.74) is 9.42. The predicted molar refractivity (Wildman–Crippen MR) is 184 cm³/mol. The number of hydrogen-bond donors (Lipinski definition) is 4. The van der Waals surface area contributed by atoms with Gasteiger partial charge < -0.3 is 39.8 Å². The largest absolute Gasteiger partial charge is 0.454 e. The number of aromatic nitrogens is 8. The molecule has 296 valence electrons. The number of alkyl halides is 2. The first-order chi connectivity index (χ1) is 25.4. The van der Waals surface area contributed by atoms with Gasteiger partial charge in [0.25, 0.3) is 5.56 Å². The third-order valence-corrected chi connectivity index (χ3v) is 12.4. The summed E-state index contributed by atoms with van der Waals surface area (Å²) in [6.45, 7) is -1.80. The van der Waals surface area contributed by atoms with Crippen LogP contribution in [0.4, 0.5) is 20.5 Å². The molecule has 2 unspecified atom stereocenters. The Hall–Kier alpha value is -3.64. The number of anilines is 2. The van der Waals surface area contributed by atoms with Gasteiger partial charge >= 0.3 is 20.4 Å². The lowest BCUT2D eigenvalue weighted by atomic mass is 9.98. The average Bonchev–Trinajstić information content (AvgIpc) is 3.80. The monoisotopic (exact) mass is 824 g/mol. The summed E-state index contributed by atoms with van der Waals surface area (Å²) >= 11 is 0.326. The van der Waals surface area contributed by atoms with Crippen molar-refractivity contribution in [3.63, 3.8) is 0 Å². The minimum Gasteiger partial charge on any atom is -0.454 e. The maximum Gasteiger partial charge on any atom is 0.394 e. The second-order valence-corrected chi connectivity index (χ2v) is 18.7. The van der Waals surface area contributed by atoms with Gasteiger partial charge in [-0.05, 0) is 20.8 Å². The van der Waals surface area contributed by atoms with Crippen molar-refractivity contribution in [2.45, 2.75) is 63.9 Å². The van der Waals surface area contributed by atoms with E-state index in [4.69, 9.17) is 44.0 Å². The Morgan fingerprint density at radius 3 is 2.46 bits per heavy atom. The van der Waals surface area contributed by atoms with Crippen LogP contribution in [0, 0.1) is 5.41 Å². The van der Waals surface area contributed by atoms with Crippen molar-refractivity contribution in [3.05, 3.63) is 29.3 Å². The van der Waals surface area contributed by atoms with Crippen molar-refractivity contribution in [3.8, 4) is 0 Å². The molecule has 6 rings (SSSR count). The van der Waals surface area contributed by atoms with Crippen molar-refractivity contribution < 1.29 is 60.1 Å². The van der Waals surface area contributed by atoms with Crippen LogP contribution in [0.3, 0.4) is 0 Å². The van der Waals surface area contributed by atoms with Gasteiger partial charge in [0.05, 0.1) is 31.3 Å². The quantitative estimate of drug-likeness (QED) is 0.123. The van der Waals surface area contributed by atoms with Gasteiger partial charge in [0.1, 0.15) is 42.4 Å². The van der Waals surface area contributed by atoms with Gasteiger partial charge in [0, 0.05) is 18.5 Å². The minimum atomic E-state index is -4.80. The van der Waals surface area contributed by atoms with Crippen LogP contribution in [0.2, 0.25) is 0 Å². The number of nitrogens with one attached hydrogen (secondary N) is 1. The number of hydrogen-bond acceptors (Lipinski definition) is 19. The molecule has 0 bridgehead atoms. The molecule has 27 heteroatoms. The number of imidazole rings is 2. The van der Waals surface area contributed by atoms with Gasteiger partial charge in [-0.15, -0.1) is 0 Å². The number of esters is 1. The number of H-pyrrole nitrogens is 1. The number of halogens is 2. The topological polar surface area (TPSA) is 295 Å². The van der Waals surface area contributed by atoms with Gasteiger partial charge in [0.15, 0.2) is 47.4 Å². The van der Waals surface area contributed by atoms with Gasteiger partial charge in [0.2, 0.25) is 5.95 Å². The lowest BCUT2D eigenvalue weighted by Gasteiger charge is -2.32. The number of methoxy groups -OCH3 is 1. The number of nitrogen functional groups attached to an aromatic ring is 2. The first-order valence-corrected chi connectivity index (χ1v) is 20.8. The van der Waals surface area contributed by atoms with E-state index in [1.807, 2.05) is 0 Å². The van der Waals surface area contributed by atoms with E-state index < -0.39 is 99.9 Å². The Morgan fingerprint density at radius 2 is 1.76 bits per heavy atom. The smallest absolute Gasteiger partial charge is 0.394 e. The molecule has 22 nitrogen and oxygen atoms in total. The number of aromatic amines is 1. The fraction of sp³-hybridized carbons (Fsp3) is 0.593. The van der Waals surface area contributed by atoms with Gasteiger partial charge in [-0.1, -0.05) is 0 Å². The molecule has 2 aliphatic rings. The molecule has 2 aliphatic heterocycles. The Bertz CT molecular complexity index is 2170. The summed E-state index contributed by atoms with van der Waals surface area (Å²) in [6, 6.07) is 0. The number of ether oxygens (including phenoxy) is 4. The molecule has 4 aromatic rings. The number of carbonyl (C=O) groups excluding carboxylic acids is 1. The van der Waals surface area contributed by atoms with E-state index in [0.29, 0.717) is 11.4 Å². The SMILES string of the molecule is CO[C@@H]1COP(=O)(O)CO[C@H]2[C@@H](F)[C@H](n3cnc4c(N)ncnc43)O[C@@H]2COP(=O)(SCOC(=O)C(C)(C)C)O[C@@H](n2cnc3c(=O)[nH]c(N)nc32)[C@@H]1F. The molecule has 2 saturated heterocycles. The van der Waals surface area contributed by atoms with E-state index in [-0.39, 0.29) is 34.1 Å². The van der Waals surface area contributed by atoms with Crippen molar-refractivity contribution in [2.75, 3.05) is 44.1 Å². The normalized spacial score (nSPS) is 31.6. The van der Waals surface area contributed by atoms with Gasteiger partial charge in [-0.2, -0.15) is 4.98 Å². The van der Waals surface area contributed by atoms with Crippen molar-refractivity contribution in [1.82, 2.24) is 39.0 Å². The number of nitrogens with two attached hydrogens (primary N) is 2. The Kier molecular flexibility index (Phi) is 11.5. The van der Waals surface area contributed by atoms with Crippen LogP contribution in [0.15, 0.2) is 23.8 Å². The fourth-order valence-corrected chi connectivity index (χ4v) is 8.85. The fourth-order valence-electron chi connectivity index (χ4n) is 5.34. The highest BCUT2D eigenvalue weighted by Gasteiger charge is 2.50. The Balaban J connectivity index is 1.40. The molecule has 6 N–H and O–H groups in total. The molecule has 0 radical (unpaired) electrons. The first kappa shape index (κ1) is 40.0. The Morgan fingerprint density at radius 1 is 1.06 bits per heavy atom. The van der Waals surface area contributed by atoms with Crippen LogP contribution < -0.4 is 17.0 Å². The zero-order valence-corrected chi connectivity index (χ0v) is 31.5. The third kappa shape index (κ3) is 8.29. The lowest BCUT2D eigenvalue weighted by molar-refractivity contribution is -0.150. The van der Waals surface area contributed by atoms with Crippen LogP contribution in [-0.4, -0.2) is 113 Å². The maximum atomic E-state index is 16.7. The zero-order chi connectivity index (χ0) is 39.2. The lowest BCUT2D eigenvalue weighted by Crippen LogP contribution is -2.38. The Labute approximate surface area is 307 Å². The number of nitrogens with zero attached hydrogens (tertiary/aromatic N) is 7. The molecule has 54 heavy (non-hydrogen) atoms. The van der Waals surface area contributed by atoms with Crippen LogP contribution in [0.25, 0.3) is 22.3 Å². The summed E-state index contributed by atoms with van der Waals surface area (Å²) in [5.74, 6) is -1.73. The third-order valence-electron chi connectivity index (χ3n) is 8.10. The van der Waals surface area contributed by atoms with Gasteiger partial charge in [-0.3, -0.25) is 37.3 Å². The molecule has 2 fully saturated rings. The van der Waals surface area contributed by atoms with E-state index in [1.165, 1.54) is 10.9 Å². The van der Waals surface area contributed by atoms with Crippen LogP contribution in [0.1, 0.15) is 33.2 Å². The standard InChI is InChI=1S/C27H36F2N10O12P2S/c1-27(2,3)25(41)47-11-54-53(44)49-6-13-18(15(29)23(50-13)38-8-34-16-19(30)32-7-33-20(16)38)46-10-52(42,43)48-5-12(45-4)14(28)24(51-53)39-9-35-17-21(39)36-26(31)37-22(17)40/h7-9,12-15,18,23-24H,5-6,10-11H2,1-4H3,(H,42,43)(H2,30,32,33)(H3,31,36,37,40)/t12-,13-,14-,15-,18-,23-,24-,53?/m1/s1. The number of carbonyl (C=O) groups is 1. The molecule has 6 heterocycles. The average molecular weight is 825 g/mol. The molecular weight excluding hydrogens is 788 g/mol. The van der Waals surface area contributed by atoms with Crippen molar-refractivity contribution >= 4 is 65.8 Å². The van der Waals surface area contributed by atoms with Crippen molar-refractivity contribution in [2.24, 2.45) is 5.41 Å². The second kappa shape index (κ2) is 15.5. The summed E-state index contributed by atoms with van der Waals surface area (Å²) in [5, 5.41) is 0. The molecule has 0 saturated carbocycles. The summed E-state index contributed by atoms with van der Waals surface area (Å²) < 4.78 is 102. The van der Waals surface area contributed by atoms with E-state index in [1.54, 1.807) is 20.8 Å². The molecule has 0 aromatic carbocycles. The molecule has 0 aliphatic carbocycles. The van der Waals surface area contributed by atoms with Crippen LogP contribution >= 0.6 is 25.8 Å². The van der Waals surface area contributed by atoms with Crippen molar-refractivity contribution in [1.29, 1.82) is 0 Å². The number of fused-ring (bicyclic) bond motifs is 3. The highest BCUT2D eigenvalue weighted by molar-refractivity contribution is 8.55. The molecule has 4 aromatic heterocycles. The highest BCUT2D eigenvalue weighted by Crippen LogP contribution is 2.64. The molecular formula is C27H36F2N10O12P2S. The van der Waals surface area contributed by atoms with E-state index >= 15 is 8.78 Å². The van der Waals surface area contributed by atoms with Gasteiger partial charge in [-0.25, -0.2) is 33.3 Å². The zero-order valence-electron chi connectivity index (χ0n) is 28.9. The van der Waals surface area contributed by atoms with Crippen LogP contribution in [-0.2, 0) is 46.4 Å². The second-order valence-electron chi connectivity index (χ2n) is 12.9. The maximum absolute atomic E-state index is 16.7. The minimum absolute atomic E-state index is 0.00532. The van der Waals surface area contributed by atoms with E-state index in [9.17, 15) is 23.6 Å². The predicted octanol–water partition coefficient (Wildman–Crippen LogP) is 2.19. The van der Waals surface area contributed by atoms with E-state index in [2.05, 4.69) is 29.9 Å². The summed E-state index contributed by atoms with van der Waals surface area (Å²) in [7, 11) is -3.72. The highest BCUT2D eigenvalue weighted by atomic mass is 32.7. The molecule has 0 amide bonds. The van der Waals surface area contributed by atoms with Crippen LogP contribution in [0.5, 0.6) is 0 Å². The number of rotatable bonds is 6. The van der Waals surface area contributed by atoms with E-state index in [0.717, 1.165) is 24.3 Å². The first-order valence-electron chi connectivity index (χ1n) is 15.9. The summed E-state index contributed by atoms with van der Waals surface area (Å²) in [6.07, 6.45) is -11.0. The molecule has 9 atom stereocenters. The molecule has 0 spiro atoms. The summed E-state index contributed by atoms with van der Waals surface area (Å²) in [4.78, 5) is 58.1.